The van der Waals surface area contributed by atoms with Crippen molar-refractivity contribution in [3.63, 3.8) is 0 Å². The Kier molecular flexibility index (Phi) is 5.73. The zero-order valence-electron chi connectivity index (χ0n) is 14.8. The number of hydrogen-bond donors (Lipinski definition) is 0. The van der Waals surface area contributed by atoms with E-state index in [0.29, 0.717) is 13.2 Å². The van der Waals surface area contributed by atoms with Crippen LogP contribution in [0.15, 0.2) is 78.9 Å². The van der Waals surface area contributed by atoms with Crippen LogP contribution >= 0.6 is 0 Å². The minimum absolute atomic E-state index is 0.0618. The molecule has 0 aliphatic carbocycles. The first-order valence-electron chi connectivity index (χ1n) is 8.83. The first-order chi connectivity index (χ1) is 12.3. The zero-order valence-corrected chi connectivity index (χ0v) is 14.8. The minimum Gasteiger partial charge on any atom is -0.494 e. The smallest absolute Gasteiger partial charge is 0.123 e. The van der Waals surface area contributed by atoms with Crippen molar-refractivity contribution in [1.82, 2.24) is 0 Å². The van der Waals surface area contributed by atoms with E-state index in [1.165, 1.54) is 5.56 Å². The van der Waals surface area contributed by atoms with Crippen molar-refractivity contribution < 1.29 is 9.47 Å². The molecule has 0 unspecified atom stereocenters. The standard InChI is InChI=1S/C23H24O2/c1-3-24-21-16-10-8-14-19(21)23(18-12-6-5-7-13-18)20-15-9-11-17-22(20)25-4-2/h5-17,23H,3-4H2,1-2H3. The summed E-state index contributed by atoms with van der Waals surface area (Å²) in [6.45, 7) is 5.32. The molecule has 3 aromatic rings. The molecule has 0 fully saturated rings. The summed E-state index contributed by atoms with van der Waals surface area (Å²) in [5, 5.41) is 0. The van der Waals surface area contributed by atoms with Crippen molar-refractivity contribution >= 4 is 0 Å². The monoisotopic (exact) mass is 332 g/mol. The molecule has 0 aliphatic heterocycles. The van der Waals surface area contributed by atoms with Crippen LogP contribution in [0.5, 0.6) is 11.5 Å². The van der Waals surface area contributed by atoms with Crippen LogP contribution in [-0.4, -0.2) is 13.2 Å². The van der Waals surface area contributed by atoms with Crippen molar-refractivity contribution in [3.05, 3.63) is 95.6 Å². The molecular weight excluding hydrogens is 308 g/mol. The third kappa shape index (κ3) is 3.85. The van der Waals surface area contributed by atoms with Gasteiger partial charge in [-0.25, -0.2) is 0 Å². The Hall–Kier alpha value is -2.74. The molecule has 0 spiro atoms. The van der Waals surface area contributed by atoms with Gasteiger partial charge < -0.3 is 9.47 Å². The molecule has 0 aromatic heterocycles. The normalized spacial score (nSPS) is 10.7. The lowest BCUT2D eigenvalue weighted by Crippen LogP contribution is -2.08. The summed E-state index contributed by atoms with van der Waals surface area (Å²) in [6.07, 6.45) is 0. The van der Waals surface area contributed by atoms with E-state index >= 15 is 0 Å². The van der Waals surface area contributed by atoms with Crippen molar-refractivity contribution in [3.8, 4) is 11.5 Å². The highest BCUT2D eigenvalue weighted by molar-refractivity contribution is 5.53. The van der Waals surface area contributed by atoms with Crippen LogP contribution in [0.2, 0.25) is 0 Å². The molecule has 0 saturated heterocycles. The lowest BCUT2D eigenvalue weighted by atomic mass is 9.84. The van der Waals surface area contributed by atoms with Crippen LogP contribution in [0.4, 0.5) is 0 Å². The molecule has 3 rings (SSSR count). The fourth-order valence-corrected chi connectivity index (χ4v) is 3.18. The van der Waals surface area contributed by atoms with Gasteiger partial charge >= 0.3 is 0 Å². The highest BCUT2D eigenvalue weighted by atomic mass is 16.5. The minimum atomic E-state index is 0.0618. The lowest BCUT2D eigenvalue weighted by molar-refractivity contribution is 0.331. The molecule has 0 saturated carbocycles. The summed E-state index contributed by atoms with van der Waals surface area (Å²) >= 11 is 0. The summed E-state index contributed by atoms with van der Waals surface area (Å²) in [7, 11) is 0. The van der Waals surface area contributed by atoms with Crippen LogP contribution in [0.1, 0.15) is 36.5 Å². The van der Waals surface area contributed by atoms with Crippen LogP contribution in [0, 0.1) is 0 Å². The van der Waals surface area contributed by atoms with E-state index in [9.17, 15) is 0 Å². The highest BCUT2D eigenvalue weighted by Crippen LogP contribution is 2.40. The molecule has 0 heterocycles. The predicted molar refractivity (Wildman–Crippen MR) is 103 cm³/mol. The summed E-state index contributed by atoms with van der Waals surface area (Å²) < 4.78 is 11.8. The number of ether oxygens (including phenoxy) is 2. The molecule has 128 valence electrons. The van der Waals surface area contributed by atoms with E-state index in [1.807, 2.05) is 44.2 Å². The van der Waals surface area contributed by atoms with Gasteiger partial charge in [-0.1, -0.05) is 66.7 Å². The van der Waals surface area contributed by atoms with Crippen LogP contribution < -0.4 is 9.47 Å². The van der Waals surface area contributed by atoms with Gasteiger partial charge in [-0.15, -0.1) is 0 Å². The summed E-state index contributed by atoms with van der Waals surface area (Å²) in [4.78, 5) is 0. The molecule has 0 N–H and O–H groups in total. The Balaban J connectivity index is 2.19. The Morgan fingerprint density at radius 3 is 1.52 bits per heavy atom. The highest BCUT2D eigenvalue weighted by Gasteiger charge is 2.23. The van der Waals surface area contributed by atoms with Gasteiger partial charge in [-0.05, 0) is 31.5 Å². The van der Waals surface area contributed by atoms with E-state index in [0.717, 1.165) is 22.6 Å². The van der Waals surface area contributed by atoms with Gasteiger partial charge in [-0.3, -0.25) is 0 Å². The van der Waals surface area contributed by atoms with Crippen molar-refractivity contribution in [2.24, 2.45) is 0 Å². The van der Waals surface area contributed by atoms with E-state index < -0.39 is 0 Å². The number of rotatable bonds is 7. The van der Waals surface area contributed by atoms with Crippen molar-refractivity contribution in [2.75, 3.05) is 13.2 Å². The Bertz CT molecular complexity index is 746. The molecule has 25 heavy (non-hydrogen) atoms. The predicted octanol–water partition coefficient (Wildman–Crippen LogP) is 5.66. The van der Waals surface area contributed by atoms with Gasteiger partial charge in [-0.2, -0.15) is 0 Å². The second-order valence-electron chi connectivity index (χ2n) is 5.79. The molecular formula is C23H24O2. The quantitative estimate of drug-likeness (QED) is 0.519. The molecule has 0 amide bonds. The molecule has 0 aliphatic rings. The summed E-state index contributed by atoms with van der Waals surface area (Å²) in [5.41, 5.74) is 3.53. The van der Waals surface area contributed by atoms with E-state index in [4.69, 9.17) is 9.47 Å². The van der Waals surface area contributed by atoms with Gasteiger partial charge in [0, 0.05) is 17.0 Å². The van der Waals surface area contributed by atoms with Crippen LogP contribution in [-0.2, 0) is 0 Å². The molecule has 0 bridgehead atoms. The number of para-hydroxylation sites is 2. The third-order valence-corrected chi connectivity index (χ3v) is 4.19. The van der Waals surface area contributed by atoms with E-state index in [2.05, 4.69) is 48.5 Å². The maximum Gasteiger partial charge on any atom is 0.123 e. The molecule has 3 aromatic carbocycles. The fraction of sp³-hybridized carbons (Fsp3) is 0.217. The van der Waals surface area contributed by atoms with Gasteiger partial charge in [0.15, 0.2) is 0 Å². The first kappa shape index (κ1) is 17.1. The average Bonchev–Trinajstić information content (AvgIpc) is 2.66. The largest absolute Gasteiger partial charge is 0.494 e. The maximum atomic E-state index is 5.92. The fourth-order valence-electron chi connectivity index (χ4n) is 3.18. The topological polar surface area (TPSA) is 18.5 Å². The van der Waals surface area contributed by atoms with Crippen LogP contribution in [0.3, 0.4) is 0 Å². The van der Waals surface area contributed by atoms with E-state index in [-0.39, 0.29) is 5.92 Å². The van der Waals surface area contributed by atoms with E-state index in [1.54, 1.807) is 0 Å². The van der Waals surface area contributed by atoms with Gasteiger partial charge in [0.25, 0.3) is 0 Å². The number of benzene rings is 3. The van der Waals surface area contributed by atoms with Gasteiger partial charge in [0.1, 0.15) is 11.5 Å². The third-order valence-electron chi connectivity index (χ3n) is 4.19. The summed E-state index contributed by atoms with van der Waals surface area (Å²) in [6, 6.07) is 27.1. The Morgan fingerprint density at radius 2 is 1.04 bits per heavy atom. The molecule has 0 atom stereocenters. The lowest BCUT2D eigenvalue weighted by Gasteiger charge is -2.23. The molecule has 0 radical (unpaired) electrons. The number of hydrogen-bond acceptors (Lipinski definition) is 2. The van der Waals surface area contributed by atoms with Crippen LogP contribution in [0.25, 0.3) is 0 Å². The maximum absolute atomic E-state index is 5.92. The average molecular weight is 332 g/mol. The molecule has 2 nitrogen and oxygen atoms in total. The second-order valence-corrected chi connectivity index (χ2v) is 5.79. The van der Waals surface area contributed by atoms with Crippen molar-refractivity contribution in [1.29, 1.82) is 0 Å². The SMILES string of the molecule is CCOc1ccccc1C(c1ccccc1)c1ccccc1OCC. The van der Waals surface area contributed by atoms with Gasteiger partial charge in [0.05, 0.1) is 13.2 Å². The van der Waals surface area contributed by atoms with Crippen molar-refractivity contribution in [2.45, 2.75) is 19.8 Å². The first-order valence-corrected chi connectivity index (χ1v) is 8.83. The van der Waals surface area contributed by atoms with Gasteiger partial charge in [0.2, 0.25) is 0 Å². The molecule has 2 heteroatoms. The second kappa shape index (κ2) is 8.39. The zero-order chi connectivity index (χ0) is 17.5. The Labute approximate surface area is 150 Å². The summed E-state index contributed by atoms with van der Waals surface area (Å²) in [5.74, 6) is 1.90. The Morgan fingerprint density at radius 1 is 0.600 bits per heavy atom.